The van der Waals surface area contributed by atoms with Gasteiger partial charge in [0.15, 0.2) is 11.5 Å². The molecule has 0 bridgehead atoms. The molecule has 14 heavy (non-hydrogen) atoms. The van der Waals surface area contributed by atoms with Crippen LogP contribution in [-0.4, -0.2) is 12.2 Å². The summed E-state index contributed by atoms with van der Waals surface area (Å²) >= 11 is 0. The summed E-state index contributed by atoms with van der Waals surface area (Å²) in [5.74, 6) is 0.806. The molecule has 0 aliphatic heterocycles. The molecule has 1 aromatic rings. The van der Waals surface area contributed by atoms with Gasteiger partial charge < -0.3 is 9.84 Å². The lowest BCUT2D eigenvalue weighted by atomic mass is 9.85. The highest BCUT2D eigenvalue weighted by Gasteiger charge is 2.20. The van der Waals surface area contributed by atoms with E-state index >= 15 is 0 Å². The van der Waals surface area contributed by atoms with E-state index in [2.05, 4.69) is 20.8 Å². The molecule has 2 nitrogen and oxygen atoms in total. The zero-order valence-electron chi connectivity index (χ0n) is 9.51. The van der Waals surface area contributed by atoms with Crippen molar-refractivity contribution in [1.82, 2.24) is 0 Å². The largest absolute Gasteiger partial charge is 0.504 e. The molecule has 0 aromatic heterocycles. The molecule has 1 rings (SSSR count). The minimum absolute atomic E-state index is 0.0661. The van der Waals surface area contributed by atoms with Crippen LogP contribution in [0.15, 0.2) is 12.1 Å². The molecule has 0 amide bonds. The summed E-state index contributed by atoms with van der Waals surface area (Å²) in [6.45, 7) is 8.21. The highest BCUT2D eigenvalue weighted by atomic mass is 16.5. The zero-order valence-corrected chi connectivity index (χ0v) is 9.51. The monoisotopic (exact) mass is 194 g/mol. The van der Waals surface area contributed by atoms with Gasteiger partial charge in [-0.05, 0) is 24.0 Å². The smallest absolute Gasteiger partial charge is 0.161 e. The van der Waals surface area contributed by atoms with Gasteiger partial charge in [-0.3, -0.25) is 0 Å². The van der Waals surface area contributed by atoms with Gasteiger partial charge in [0.2, 0.25) is 0 Å². The summed E-state index contributed by atoms with van der Waals surface area (Å²) in [7, 11) is 1.57. The van der Waals surface area contributed by atoms with Crippen molar-refractivity contribution in [2.45, 2.75) is 33.1 Å². The van der Waals surface area contributed by atoms with E-state index in [9.17, 15) is 5.11 Å². The van der Waals surface area contributed by atoms with E-state index in [1.54, 1.807) is 7.11 Å². The molecule has 78 valence electrons. The van der Waals surface area contributed by atoms with Crippen molar-refractivity contribution in [1.29, 1.82) is 0 Å². The highest BCUT2D eigenvalue weighted by Crippen LogP contribution is 2.38. The van der Waals surface area contributed by atoms with Crippen molar-refractivity contribution >= 4 is 0 Å². The average molecular weight is 194 g/mol. The third-order valence-electron chi connectivity index (χ3n) is 2.25. The molecular formula is C12H18O2. The number of rotatable bonds is 1. The Kier molecular flexibility index (Phi) is 2.74. The molecule has 1 aromatic carbocycles. The first-order valence-electron chi connectivity index (χ1n) is 4.74. The van der Waals surface area contributed by atoms with Crippen LogP contribution in [0.1, 0.15) is 31.9 Å². The Balaban J connectivity index is 3.37. The third kappa shape index (κ3) is 2.00. The zero-order chi connectivity index (χ0) is 10.9. The molecule has 0 spiro atoms. The van der Waals surface area contributed by atoms with E-state index in [4.69, 9.17) is 4.74 Å². The minimum Gasteiger partial charge on any atom is -0.504 e. The van der Waals surface area contributed by atoms with Gasteiger partial charge in [0.05, 0.1) is 7.11 Å². The van der Waals surface area contributed by atoms with Crippen LogP contribution < -0.4 is 4.74 Å². The summed E-state index contributed by atoms with van der Waals surface area (Å²) in [6, 6.07) is 3.84. The number of aryl methyl sites for hydroxylation is 1. The molecule has 0 heterocycles. The number of ether oxygens (including phenoxy) is 1. The second-order valence-corrected chi connectivity index (χ2v) is 4.61. The Hall–Kier alpha value is -1.18. The Bertz CT molecular complexity index is 335. The molecule has 1 N–H and O–H groups in total. The fraction of sp³-hybridized carbons (Fsp3) is 0.500. The van der Waals surface area contributed by atoms with E-state index in [-0.39, 0.29) is 11.2 Å². The number of aromatic hydroxyl groups is 1. The SMILES string of the molecule is COc1cc(C)cc(C(C)(C)C)c1O. The van der Waals surface area contributed by atoms with E-state index < -0.39 is 0 Å². The van der Waals surface area contributed by atoms with Gasteiger partial charge in [0, 0.05) is 5.56 Å². The van der Waals surface area contributed by atoms with Crippen LogP contribution in [0.2, 0.25) is 0 Å². The van der Waals surface area contributed by atoms with Crippen molar-refractivity contribution in [3.05, 3.63) is 23.3 Å². The van der Waals surface area contributed by atoms with E-state index in [1.165, 1.54) is 0 Å². The first-order valence-corrected chi connectivity index (χ1v) is 4.74. The van der Waals surface area contributed by atoms with E-state index in [0.29, 0.717) is 5.75 Å². The summed E-state index contributed by atoms with van der Waals surface area (Å²) in [4.78, 5) is 0. The molecule has 0 aliphatic rings. The Morgan fingerprint density at radius 3 is 2.21 bits per heavy atom. The van der Waals surface area contributed by atoms with Crippen LogP contribution in [0.3, 0.4) is 0 Å². The van der Waals surface area contributed by atoms with Crippen molar-refractivity contribution < 1.29 is 9.84 Å². The van der Waals surface area contributed by atoms with E-state index in [0.717, 1.165) is 11.1 Å². The third-order valence-corrected chi connectivity index (χ3v) is 2.25. The molecule has 0 saturated heterocycles. The average Bonchev–Trinajstić information content (AvgIpc) is 2.06. The number of phenolic OH excluding ortho intramolecular Hbond substituents is 1. The Labute approximate surface area is 85.5 Å². The molecule has 0 unspecified atom stereocenters. The number of hydrogen-bond donors (Lipinski definition) is 1. The molecule has 0 fully saturated rings. The maximum Gasteiger partial charge on any atom is 0.161 e. The van der Waals surface area contributed by atoms with Gasteiger partial charge in [-0.1, -0.05) is 26.8 Å². The van der Waals surface area contributed by atoms with Gasteiger partial charge in [-0.15, -0.1) is 0 Å². The normalized spacial score (nSPS) is 11.5. The van der Waals surface area contributed by atoms with Gasteiger partial charge in [0.1, 0.15) is 0 Å². The van der Waals surface area contributed by atoms with E-state index in [1.807, 2.05) is 19.1 Å². The highest BCUT2D eigenvalue weighted by molar-refractivity contribution is 5.50. The summed E-state index contributed by atoms with van der Waals surface area (Å²) in [5.41, 5.74) is 1.96. The Morgan fingerprint density at radius 2 is 1.79 bits per heavy atom. The summed E-state index contributed by atoms with van der Waals surface area (Å²) in [6.07, 6.45) is 0. The van der Waals surface area contributed by atoms with Crippen LogP contribution in [0.25, 0.3) is 0 Å². The van der Waals surface area contributed by atoms with Gasteiger partial charge in [-0.2, -0.15) is 0 Å². The molecule has 0 atom stereocenters. The van der Waals surface area contributed by atoms with Crippen molar-refractivity contribution in [3.63, 3.8) is 0 Å². The fourth-order valence-electron chi connectivity index (χ4n) is 1.47. The molecule has 2 heteroatoms. The quantitative estimate of drug-likeness (QED) is 0.744. The molecule has 0 radical (unpaired) electrons. The first kappa shape index (κ1) is 10.9. The minimum atomic E-state index is -0.0661. The lowest BCUT2D eigenvalue weighted by Gasteiger charge is -2.22. The van der Waals surface area contributed by atoms with Crippen LogP contribution in [0, 0.1) is 6.92 Å². The van der Waals surface area contributed by atoms with Crippen molar-refractivity contribution in [2.24, 2.45) is 0 Å². The molecule has 0 aliphatic carbocycles. The lowest BCUT2D eigenvalue weighted by Crippen LogP contribution is -2.12. The van der Waals surface area contributed by atoms with Crippen molar-refractivity contribution in [3.8, 4) is 11.5 Å². The number of hydrogen-bond acceptors (Lipinski definition) is 2. The maximum atomic E-state index is 9.92. The fourth-order valence-corrected chi connectivity index (χ4v) is 1.47. The summed E-state index contributed by atoms with van der Waals surface area (Å²) in [5, 5.41) is 9.92. The van der Waals surface area contributed by atoms with Gasteiger partial charge in [-0.25, -0.2) is 0 Å². The van der Waals surface area contributed by atoms with Gasteiger partial charge >= 0.3 is 0 Å². The molecular weight excluding hydrogens is 176 g/mol. The van der Waals surface area contributed by atoms with Crippen LogP contribution in [0.4, 0.5) is 0 Å². The second kappa shape index (κ2) is 3.52. The standard InChI is InChI=1S/C12H18O2/c1-8-6-9(12(2,3)4)11(13)10(7-8)14-5/h6-7,13H,1-5H3. The van der Waals surface area contributed by atoms with Crippen LogP contribution in [0.5, 0.6) is 11.5 Å². The lowest BCUT2D eigenvalue weighted by molar-refractivity contribution is 0.364. The second-order valence-electron chi connectivity index (χ2n) is 4.61. The number of benzene rings is 1. The number of methoxy groups -OCH3 is 1. The Morgan fingerprint density at radius 1 is 1.21 bits per heavy atom. The number of phenols is 1. The predicted octanol–water partition coefficient (Wildman–Crippen LogP) is 3.01. The van der Waals surface area contributed by atoms with Gasteiger partial charge in [0.25, 0.3) is 0 Å². The molecule has 0 saturated carbocycles. The predicted molar refractivity (Wildman–Crippen MR) is 58.1 cm³/mol. The first-order chi connectivity index (χ1) is 6.36. The summed E-state index contributed by atoms with van der Waals surface area (Å²) < 4.78 is 5.11. The van der Waals surface area contributed by atoms with Crippen LogP contribution in [-0.2, 0) is 5.41 Å². The maximum absolute atomic E-state index is 9.92. The van der Waals surface area contributed by atoms with Crippen molar-refractivity contribution in [2.75, 3.05) is 7.11 Å². The van der Waals surface area contributed by atoms with Crippen LogP contribution >= 0.6 is 0 Å². The topological polar surface area (TPSA) is 29.5 Å².